The molecule has 3 aliphatic heterocycles. The van der Waals surface area contributed by atoms with Gasteiger partial charge in [-0.2, -0.15) is 5.01 Å². The van der Waals surface area contributed by atoms with Crippen LogP contribution in [0.4, 0.5) is 13.6 Å². The van der Waals surface area contributed by atoms with Crippen molar-refractivity contribution in [3.63, 3.8) is 0 Å². The summed E-state index contributed by atoms with van der Waals surface area (Å²) in [5.41, 5.74) is 2.04. The topological polar surface area (TPSA) is 54.5 Å². The van der Waals surface area contributed by atoms with Gasteiger partial charge in [-0.1, -0.05) is 36.4 Å². The number of rotatable bonds is 4. The van der Waals surface area contributed by atoms with E-state index in [4.69, 9.17) is 9.47 Å². The summed E-state index contributed by atoms with van der Waals surface area (Å²) in [5, 5.41) is 3.88. The molecule has 9 heteroatoms. The molecule has 3 heterocycles. The highest BCUT2D eigenvalue weighted by molar-refractivity contribution is 5.62. The van der Waals surface area contributed by atoms with Crippen molar-refractivity contribution in [2.75, 3.05) is 26.9 Å². The van der Waals surface area contributed by atoms with Gasteiger partial charge in [0.15, 0.2) is 17.4 Å². The molecule has 176 valence electrons. The van der Waals surface area contributed by atoms with Gasteiger partial charge >= 0.3 is 6.16 Å². The van der Waals surface area contributed by atoms with E-state index in [0.717, 1.165) is 11.6 Å². The number of methoxy groups -OCH3 is 1. The summed E-state index contributed by atoms with van der Waals surface area (Å²) in [5.74, 6) is -1.53. The molecule has 0 saturated carbocycles. The highest BCUT2D eigenvalue weighted by Gasteiger charge is 2.43. The molecule has 0 N–H and O–H groups in total. The molecular formula is C25H23F2N3O4. The molecule has 34 heavy (non-hydrogen) atoms. The zero-order valence-corrected chi connectivity index (χ0v) is 18.4. The van der Waals surface area contributed by atoms with Crippen LogP contribution < -0.4 is 0 Å². The second-order valence-electron chi connectivity index (χ2n) is 7.95. The third-order valence-electron chi connectivity index (χ3n) is 5.96. The molecule has 5 rings (SSSR count). The Morgan fingerprint density at radius 3 is 2.71 bits per heavy atom. The minimum Gasteiger partial charge on any atom is -0.437 e. The lowest BCUT2D eigenvalue weighted by molar-refractivity contribution is -0.149. The third kappa shape index (κ3) is 4.04. The average molecular weight is 467 g/mol. The standard InChI is InChI=1S/C25H23F2N3O4/c1-32-25(31)34-22-8-5-11-29-21(22)15-28-12-13-33-16-23(28)30(29)24(17-6-3-2-4-7-17)18-9-10-19(26)20(27)14-18/h2-11,14-15,23-24H,12-13,16H2,1H3/t23-,24+/m1/s1. The van der Waals surface area contributed by atoms with Crippen LogP contribution in [0.15, 0.2) is 84.5 Å². The van der Waals surface area contributed by atoms with E-state index in [1.54, 1.807) is 18.2 Å². The lowest BCUT2D eigenvalue weighted by Gasteiger charge is -2.53. The van der Waals surface area contributed by atoms with Crippen LogP contribution in [-0.2, 0) is 14.2 Å². The van der Waals surface area contributed by atoms with E-state index < -0.39 is 23.8 Å². The zero-order chi connectivity index (χ0) is 23.7. The molecule has 0 amide bonds. The first-order valence-electron chi connectivity index (χ1n) is 10.8. The Kier molecular flexibility index (Phi) is 6.04. The van der Waals surface area contributed by atoms with Gasteiger partial charge in [0.1, 0.15) is 11.9 Å². The number of hydrazine groups is 1. The average Bonchev–Trinajstić information content (AvgIpc) is 2.87. The Hall–Kier alpha value is -3.69. The van der Waals surface area contributed by atoms with Crippen LogP contribution in [-0.4, -0.2) is 54.1 Å². The fourth-order valence-corrected chi connectivity index (χ4v) is 4.43. The number of halogens is 2. The quantitative estimate of drug-likeness (QED) is 0.622. The molecule has 7 nitrogen and oxygen atoms in total. The summed E-state index contributed by atoms with van der Waals surface area (Å²) in [6.45, 7) is 1.52. The van der Waals surface area contributed by atoms with Gasteiger partial charge in [0.05, 0.1) is 26.4 Å². The van der Waals surface area contributed by atoms with Crippen LogP contribution >= 0.6 is 0 Å². The number of hydrogen-bond acceptors (Lipinski definition) is 7. The van der Waals surface area contributed by atoms with Gasteiger partial charge in [-0.25, -0.2) is 13.6 Å². The van der Waals surface area contributed by atoms with Gasteiger partial charge in [0.25, 0.3) is 0 Å². The van der Waals surface area contributed by atoms with Gasteiger partial charge in [-0.05, 0) is 35.4 Å². The number of morpholine rings is 1. The first-order valence-corrected chi connectivity index (χ1v) is 10.8. The Balaban J connectivity index is 1.64. The lowest BCUT2D eigenvalue weighted by Crippen LogP contribution is -2.62. The van der Waals surface area contributed by atoms with Crippen LogP contribution in [0.1, 0.15) is 17.2 Å². The van der Waals surface area contributed by atoms with E-state index in [0.29, 0.717) is 36.8 Å². The molecule has 1 fully saturated rings. The molecular weight excluding hydrogens is 444 g/mol. The second kappa shape index (κ2) is 9.28. The van der Waals surface area contributed by atoms with Gasteiger partial charge in [-0.3, -0.25) is 5.01 Å². The van der Waals surface area contributed by atoms with E-state index in [2.05, 4.69) is 9.64 Å². The predicted molar refractivity (Wildman–Crippen MR) is 118 cm³/mol. The number of fused-ring (bicyclic) bond motifs is 2. The van der Waals surface area contributed by atoms with E-state index in [1.165, 1.54) is 13.2 Å². The first kappa shape index (κ1) is 22.1. The molecule has 2 aromatic carbocycles. The monoisotopic (exact) mass is 467 g/mol. The fourth-order valence-electron chi connectivity index (χ4n) is 4.43. The first-order chi connectivity index (χ1) is 16.6. The largest absolute Gasteiger partial charge is 0.513 e. The molecule has 1 saturated heterocycles. The molecule has 0 aromatic heterocycles. The molecule has 0 unspecified atom stereocenters. The van der Waals surface area contributed by atoms with Crippen molar-refractivity contribution >= 4 is 6.16 Å². The Labute approximate surface area is 195 Å². The Morgan fingerprint density at radius 1 is 1.12 bits per heavy atom. The number of nitrogens with zero attached hydrogens (tertiary/aromatic N) is 3. The van der Waals surface area contributed by atoms with Crippen molar-refractivity contribution in [1.82, 2.24) is 14.9 Å². The minimum atomic E-state index is -0.924. The maximum Gasteiger partial charge on any atom is 0.513 e. The Bertz CT molecular complexity index is 1170. The summed E-state index contributed by atoms with van der Waals surface area (Å²) in [6.07, 6.45) is 6.08. The highest BCUT2D eigenvalue weighted by Crippen LogP contribution is 2.40. The fraction of sp³-hybridized carbons (Fsp3) is 0.240. The zero-order valence-electron chi connectivity index (χ0n) is 18.4. The number of hydrogen-bond donors (Lipinski definition) is 0. The molecule has 0 radical (unpaired) electrons. The van der Waals surface area contributed by atoms with Crippen LogP contribution in [0, 0.1) is 11.6 Å². The number of allylic oxidation sites excluding steroid dienone is 2. The van der Waals surface area contributed by atoms with Crippen molar-refractivity contribution in [3.05, 3.63) is 107 Å². The molecule has 2 atom stereocenters. The summed E-state index contributed by atoms with van der Waals surface area (Å²) in [4.78, 5) is 14.0. The van der Waals surface area contributed by atoms with E-state index >= 15 is 0 Å². The van der Waals surface area contributed by atoms with Crippen LogP contribution in [0.5, 0.6) is 0 Å². The molecule has 2 aromatic rings. The van der Waals surface area contributed by atoms with E-state index in [-0.39, 0.29) is 6.17 Å². The smallest absolute Gasteiger partial charge is 0.437 e. The summed E-state index contributed by atoms with van der Waals surface area (Å²) in [7, 11) is 1.24. The van der Waals surface area contributed by atoms with E-state index in [9.17, 15) is 13.6 Å². The molecule has 3 aliphatic rings. The van der Waals surface area contributed by atoms with Crippen molar-refractivity contribution in [2.24, 2.45) is 0 Å². The van der Waals surface area contributed by atoms with E-state index in [1.807, 2.05) is 52.7 Å². The SMILES string of the molecule is COC(=O)OC1=CC=CN2C1=CN1CCOC[C@H]1N2[C@@H](c1ccccc1)c1ccc(F)c(F)c1. The number of ether oxygens (including phenoxy) is 3. The van der Waals surface area contributed by atoms with Gasteiger partial charge < -0.3 is 19.1 Å². The number of carbonyl (C=O) groups excluding carboxylic acids is 1. The maximum atomic E-state index is 14.4. The highest BCUT2D eigenvalue weighted by atomic mass is 19.2. The van der Waals surface area contributed by atoms with Gasteiger partial charge in [0.2, 0.25) is 0 Å². The third-order valence-corrected chi connectivity index (χ3v) is 5.96. The molecule has 0 aliphatic carbocycles. The van der Waals surface area contributed by atoms with Crippen LogP contribution in [0.25, 0.3) is 0 Å². The lowest BCUT2D eigenvalue weighted by atomic mass is 9.96. The van der Waals surface area contributed by atoms with Crippen LogP contribution in [0.2, 0.25) is 0 Å². The summed E-state index contributed by atoms with van der Waals surface area (Å²) in [6, 6.07) is 13.0. The molecule has 0 spiro atoms. The number of benzene rings is 2. The summed E-state index contributed by atoms with van der Waals surface area (Å²) < 4.78 is 44.1. The van der Waals surface area contributed by atoms with Crippen molar-refractivity contribution in [3.8, 4) is 0 Å². The van der Waals surface area contributed by atoms with Crippen molar-refractivity contribution < 1.29 is 27.8 Å². The predicted octanol–water partition coefficient (Wildman–Crippen LogP) is 4.28. The normalized spacial score (nSPS) is 20.6. The summed E-state index contributed by atoms with van der Waals surface area (Å²) >= 11 is 0. The Morgan fingerprint density at radius 2 is 1.94 bits per heavy atom. The van der Waals surface area contributed by atoms with Crippen molar-refractivity contribution in [2.45, 2.75) is 12.2 Å². The maximum absolute atomic E-state index is 14.4. The second-order valence-corrected chi connectivity index (χ2v) is 7.95. The van der Waals surface area contributed by atoms with Crippen LogP contribution in [0.3, 0.4) is 0 Å². The molecule has 0 bridgehead atoms. The minimum absolute atomic E-state index is 0.252. The van der Waals surface area contributed by atoms with Gasteiger partial charge in [-0.15, -0.1) is 0 Å². The van der Waals surface area contributed by atoms with Gasteiger partial charge in [0, 0.05) is 18.9 Å². The number of carbonyl (C=O) groups is 1. The van der Waals surface area contributed by atoms with Crippen molar-refractivity contribution in [1.29, 1.82) is 0 Å².